The van der Waals surface area contributed by atoms with E-state index in [0.717, 1.165) is 5.69 Å². The summed E-state index contributed by atoms with van der Waals surface area (Å²) in [5, 5.41) is 6.45. The first kappa shape index (κ1) is 7.68. The van der Waals surface area contributed by atoms with Crippen LogP contribution in [0.3, 0.4) is 0 Å². The minimum atomic E-state index is 0.250. The monoisotopic (exact) mass is 127 g/mol. The number of aromatic amines is 1. The molecule has 1 rings (SSSR count). The van der Waals surface area contributed by atoms with Gasteiger partial charge in [-0.05, 0) is 13.0 Å². The smallest absolute Gasteiger partial charge is 0.204 e. The van der Waals surface area contributed by atoms with Gasteiger partial charge in [-0.2, -0.15) is 5.10 Å². The van der Waals surface area contributed by atoms with E-state index in [-0.39, 0.29) is 6.41 Å². The van der Waals surface area contributed by atoms with Crippen LogP contribution in [0.25, 0.3) is 0 Å². The number of aromatic nitrogens is 2. The summed E-state index contributed by atoms with van der Waals surface area (Å²) in [5.74, 6) is 0. The zero-order valence-electron chi connectivity index (χ0n) is 5.16. The Hall–Kier alpha value is -1.32. The normalized spacial score (nSPS) is 7.22. The van der Waals surface area contributed by atoms with E-state index in [0.29, 0.717) is 0 Å². The van der Waals surface area contributed by atoms with Gasteiger partial charge in [0.15, 0.2) is 0 Å². The largest absolute Gasteiger partial charge is 0.372 e. The molecule has 0 spiro atoms. The summed E-state index contributed by atoms with van der Waals surface area (Å²) in [7, 11) is 0. The zero-order valence-corrected chi connectivity index (χ0v) is 5.16. The fourth-order valence-electron chi connectivity index (χ4n) is 0.325. The summed E-state index contributed by atoms with van der Waals surface area (Å²) < 4.78 is 0. The Bertz CT molecular complexity index is 147. The van der Waals surface area contributed by atoms with Gasteiger partial charge in [-0.1, -0.05) is 0 Å². The van der Waals surface area contributed by atoms with E-state index in [1.165, 1.54) is 0 Å². The first-order valence-corrected chi connectivity index (χ1v) is 2.42. The Morgan fingerprint density at radius 2 is 2.44 bits per heavy atom. The Morgan fingerprint density at radius 3 is 2.56 bits per heavy atom. The maximum atomic E-state index is 8.58. The van der Waals surface area contributed by atoms with Crippen molar-refractivity contribution in [1.29, 1.82) is 0 Å². The number of hydrogen-bond acceptors (Lipinski definition) is 2. The molecule has 3 N–H and O–H groups in total. The molecule has 1 aromatic rings. The molecule has 0 aliphatic heterocycles. The van der Waals surface area contributed by atoms with Gasteiger partial charge in [0.05, 0.1) is 0 Å². The number of amides is 1. The number of H-pyrrole nitrogens is 1. The molecule has 0 fully saturated rings. The molecule has 0 aliphatic carbocycles. The molecule has 0 saturated carbocycles. The molecule has 0 saturated heterocycles. The molecule has 9 heavy (non-hydrogen) atoms. The molecule has 4 heteroatoms. The van der Waals surface area contributed by atoms with Gasteiger partial charge >= 0.3 is 0 Å². The van der Waals surface area contributed by atoms with Crippen molar-refractivity contribution in [2.45, 2.75) is 6.92 Å². The maximum absolute atomic E-state index is 8.58. The van der Waals surface area contributed by atoms with Crippen LogP contribution in [0.2, 0.25) is 0 Å². The highest BCUT2D eigenvalue weighted by Crippen LogP contribution is 1.82. The molecule has 0 atom stereocenters. The molecule has 0 unspecified atom stereocenters. The fourth-order valence-corrected chi connectivity index (χ4v) is 0.325. The number of rotatable bonds is 0. The highest BCUT2D eigenvalue weighted by molar-refractivity contribution is 5.42. The lowest BCUT2D eigenvalue weighted by Crippen LogP contribution is -1.82. The summed E-state index contributed by atoms with van der Waals surface area (Å²) in [5.41, 5.74) is 5.27. The molecule has 0 radical (unpaired) electrons. The number of nitrogens with one attached hydrogen (secondary N) is 1. The predicted molar refractivity (Wildman–Crippen MR) is 33.6 cm³/mol. The summed E-state index contributed by atoms with van der Waals surface area (Å²) in [6, 6.07) is 1.92. The van der Waals surface area contributed by atoms with Crippen molar-refractivity contribution in [3.05, 3.63) is 18.0 Å². The lowest BCUT2D eigenvalue weighted by Gasteiger charge is -1.68. The van der Waals surface area contributed by atoms with Crippen molar-refractivity contribution in [3.63, 3.8) is 0 Å². The third-order valence-corrected chi connectivity index (χ3v) is 0.640. The van der Waals surface area contributed by atoms with Crippen LogP contribution in [-0.2, 0) is 4.79 Å². The Morgan fingerprint density at radius 1 is 1.89 bits per heavy atom. The highest BCUT2D eigenvalue weighted by Gasteiger charge is 1.73. The second kappa shape index (κ2) is 4.83. The van der Waals surface area contributed by atoms with Crippen LogP contribution in [0.15, 0.2) is 12.3 Å². The summed E-state index contributed by atoms with van der Waals surface area (Å²) in [4.78, 5) is 8.58. The van der Waals surface area contributed by atoms with Crippen molar-refractivity contribution >= 4 is 6.41 Å². The van der Waals surface area contributed by atoms with Crippen LogP contribution in [0.4, 0.5) is 0 Å². The maximum Gasteiger partial charge on any atom is 0.204 e. The first-order valence-electron chi connectivity index (χ1n) is 2.42. The highest BCUT2D eigenvalue weighted by atomic mass is 16.1. The fraction of sp³-hybridized carbons (Fsp3) is 0.200. The molecule has 50 valence electrons. The molecule has 1 aromatic heterocycles. The lowest BCUT2D eigenvalue weighted by molar-refractivity contribution is -0.106. The molecule has 0 bridgehead atoms. The molecular weight excluding hydrogens is 118 g/mol. The predicted octanol–water partition coefficient (Wildman–Crippen LogP) is -0.180. The minimum Gasteiger partial charge on any atom is -0.372 e. The van der Waals surface area contributed by atoms with Crippen LogP contribution in [-0.4, -0.2) is 16.6 Å². The quantitative estimate of drug-likeness (QED) is 0.474. The number of aryl methyl sites for hydroxylation is 1. The van der Waals surface area contributed by atoms with Gasteiger partial charge in [0, 0.05) is 11.9 Å². The minimum absolute atomic E-state index is 0.250. The van der Waals surface area contributed by atoms with Gasteiger partial charge in [-0.15, -0.1) is 0 Å². The van der Waals surface area contributed by atoms with Crippen LogP contribution in [0, 0.1) is 6.92 Å². The number of carbonyl (C=O) groups excluding carboxylic acids is 1. The molecule has 0 aromatic carbocycles. The van der Waals surface area contributed by atoms with Crippen molar-refractivity contribution in [2.75, 3.05) is 0 Å². The van der Waals surface area contributed by atoms with Crippen molar-refractivity contribution < 1.29 is 4.79 Å². The van der Waals surface area contributed by atoms with Crippen molar-refractivity contribution in [1.82, 2.24) is 10.2 Å². The molecule has 0 aliphatic rings. The number of hydrogen-bond donors (Lipinski definition) is 2. The van der Waals surface area contributed by atoms with E-state index in [9.17, 15) is 0 Å². The topological polar surface area (TPSA) is 71.8 Å². The van der Waals surface area contributed by atoms with E-state index in [1.54, 1.807) is 6.20 Å². The summed E-state index contributed by atoms with van der Waals surface area (Å²) >= 11 is 0. The summed E-state index contributed by atoms with van der Waals surface area (Å²) in [6.45, 7) is 1.97. The third kappa shape index (κ3) is 4.53. The zero-order chi connectivity index (χ0) is 7.11. The van der Waals surface area contributed by atoms with Gasteiger partial charge in [0.25, 0.3) is 0 Å². The van der Waals surface area contributed by atoms with Crippen LogP contribution in [0.1, 0.15) is 5.69 Å². The number of carbonyl (C=O) groups is 1. The second-order valence-corrected chi connectivity index (χ2v) is 1.38. The van der Waals surface area contributed by atoms with E-state index >= 15 is 0 Å². The van der Waals surface area contributed by atoms with Gasteiger partial charge < -0.3 is 5.73 Å². The number of nitrogens with zero attached hydrogens (tertiary/aromatic N) is 1. The molecular formula is C5H9N3O. The van der Waals surface area contributed by atoms with Gasteiger partial charge in [-0.25, -0.2) is 0 Å². The standard InChI is InChI=1S/C4H6N2.CH3NO/c1-4-2-3-5-6-4;2-1-3/h2-3H,1H3,(H,5,6);1H,(H2,2,3). The van der Waals surface area contributed by atoms with Crippen molar-refractivity contribution in [3.8, 4) is 0 Å². The third-order valence-electron chi connectivity index (χ3n) is 0.640. The van der Waals surface area contributed by atoms with E-state index < -0.39 is 0 Å². The lowest BCUT2D eigenvalue weighted by atomic mass is 10.5. The number of primary amides is 1. The van der Waals surface area contributed by atoms with E-state index in [1.807, 2.05) is 13.0 Å². The van der Waals surface area contributed by atoms with Crippen LogP contribution in [0.5, 0.6) is 0 Å². The van der Waals surface area contributed by atoms with Gasteiger partial charge in [0.2, 0.25) is 6.41 Å². The number of nitrogens with two attached hydrogens (primary N) is 1. The summed E-state index contributed by atoms with van der Waals surface area (Å²) in [6.07, 6.45) is 1.98. The van der Waals surface area contributed by atoms with E-state index in [4.69, 9.17) is 4.79 Å². The van der Waals surface area contributed by atoms with Crippen molar-refractivity contribution in [2.24, 2.45) is 5.73 Å². The van der Waals surface area contributed by atoms with Gasteiger partial charge in [-0.3, -0.25) is 9.89 Å². The SMILES string of the molecule is Cc1ccn[nH]1.NC=O. The average molecular weight is 127 g/mol. The molecule has 1 heterocycles. The van der Waals surface area contributed by atoms with Crippen LogP contribution >= 0.6 is 0 Å². The second-order valence-electron chi connectivity index (χ2n) is 1.38. The molecule has 4 nitrogen and oxygen atoms in total. The van der Waals surface area contributed by atoms with E-state index in [2.05, 4.69) is 15.9 Å². The average Bonchev–Trinajstić information content (AvgIpc) is 2.20. The Labute approximate surface area is 53.1 Å². The Balaban J connectivity index is 0.000000187. The Kier molecular flexibility index (Phi) is 4.12. The molecule has 1 amide bonds. The first-order chi connectivity index (χ1) is 4.31. The van der Waals surface area contributed by atoms with Crippen LogP contribution < -0.4 is 5.73 Å². The van der Waals surface area contributed by atoms with Gasteiger partial charge in [0.1, 0.15) is 0 Å².